The molecule has 0 aliphatic rings. The second-order valence-corrected chi connectivity index (χ2v) is 4.94. The lowest BCUT2D eigenvalue weighted by atomic mass is 10.3. The van der Waals surface area contributed by atoms with Gasteiger partial charge < -0.3 is 9.84 Å². The van der Waals surface area contributed by atoms with E-state index in [1.165, 1.54) is 13.2 Å². The molecule has 1 aromatic heterocycles. The summed E-state index contributed by atoms with van der Waals surface area (Å²) in [5, 5.41) is 8.13. The predicted molar refractivity (Wildman–Crippen MR) is 53.0 cm³/mol. The van der Waals surface area contributed by atoms with Crippen LogP contribution in [0, 0.1) is 0 Å². The van der Waals surface area contributed by atoms with E-state index in [1.54, 1.807) is 0 Å². The number of hydrogen-bond donors (Lipinski definition) is 1. The molecule has 0 saturated heterocycles. The molecule has 1 rings (SSSR count). The largest absolute Gasteiger partial charge is 0.481 e. The first kappa shape index (κ1) is 12.4. The van der Waals surface area contributed by atoms with Gasteiger partial charge in [0, 0.05) is 12.3 Å². The van der Waals surface area contributed by atoms with Gasteiger partial charge in [0.25, 0.3) is 0 Å². The number of aromatic nitrogens is 2. The lowest BCUT2D eigenvalue weighted by Crippen LogP contribution is -2.10. The van der Waals surface area contributed by atoms with Gasteiger partial charge in [-0.05, 0) is 0 Å². The first-order chi connectivity index (χ1) is 7.32. The fourth-order valence-electron chi connectivity index (χ4n) is 0.965. The van der Waals surface area contributed by atoms with Crippen molar-refractivity contribution in [1.82, 2.24) is 9.97 Å². The molecule has 16 heavy (non-hydrogen) atoms. The molecule has 0 atom stereocenters. The van der Waals surface area contributed by atoms with Crippen molar-refractivity contribution in [1.29, 1.82) is 0 Å². The number of rotatable bonds is 4. The van der Waals surface area contributed by atoms with Gasteiger partial charge in [-0.1, -0.05) is 0 Å². The van der Waals surface area contributed by atoms with E-state index < -0.39 is 21.0 Å². The van der Waals surface area contributed by atoms with E-state index in [2.05, 4.69) is 9.97 Å². The molecule has 8 heteroatoms. The van der Waals surface area contributed by atoms with Crippen molar-refractivity contribution < 1.29 is 23.1 Å². The van der Waals surface area contributed by atoms with Gasteiger partial charge in [-0.15, -0.1) is 0 Å². The highest BCUT2D eigenvalue weighted by molar-refractivity contribution is 7.90. The van der Waals surface area contributed by atoms with Gasteiger partial charge in [-0.2, -0.15) is 4.98 Å². The van der Waals surface area contributed by atoms with E-state index in [1.807, 2.05) is 0 Å². The monoisotopic (exact) mass is 246 g/mol. The van der Waals surface area contributed by atoms with E-state index in [4.69, 9.17) is 9.84 Å². The molecule has 1 N–H and O–H groups in total. The first-order valence-corrected chi connectivity index (χ1v) is 6.06. The van der Waals surface area contributed by atoms with Crippen molar-refractivity contribution in [3.05, 3.63) is 11.8 Å². The molecule has 1 heterocycles. The summed E-state index contributed by atoms with van der Waals surface area (Å²) in [6.07, 6.45) is 0.549. The molecule has 1 aromatic rings. The van der Waals surface area contributed by atoms with Crippen LogP contribution in [-0.4, -0.2) is 42.8 Å². The number of carbonyl (C=O) groups is 1. The minimum absolute atomic E-state index is 0.0201. The molecule has 0 amide bonds. The van der Waals surface area contributed by atoms with Crippen LogP contribution in [0.3, 0.4) is 0 Å². The van der Waals surface area contributed by atoms with E-state index in [0.717, 1.165) is 6.26 Å². The van der Waals surface area contributed by atoms with Gasteiger partial charge in [-0.25, -0.2) is 13.4 Å². The van der Waals surface area contributed by atoms with Gasteiger partial charge in [-0.3, -0.25) is 4.79 Å². The third-order valence-electron chi connectivity index (χ3n) is 1.61. The summed E-state index contributed by atoms with van der Waals surface area (Å²) in [5.74, 6) is -1.09. The van der Waals surface area contributed by atoms with Crippen LogP contribution in [-0.2, 0) is 21.1 Å². The molecule has 7 nitrogen and oxygen atoms in total. The Morgan fingerprint density at radius 2 is 2.12 bits per heavy atom. The van der Waals surface area contributed by atoms with Crippen LogP contribution < -0.4 is 4.74 Å². The third kappa shape index (κ3) is 3.16. The van der Waals surface area contributed by atoms with E-state index in [-0.39, 0.29) is 18.0 Å². The minimum atomic E-state index is -3.59. The molecule has 0 fully saturated rings. The van der Waals surface area contributed by atoms with Crippen LogP contribution in [0.5, 0.6) is 5.88 Å². The van der Waals surface area contributed by atoms with Crippen LogP contribution in [0.15, 0.2) is 11.2 Å². The number of hydrogen-bond acceptors (Lipinski definition) is 6. The quantitative estimate of drug-likeness (QED) is 0.714. The number of methoxy groups -OCH3 is 1. The Hall–Kier alpha value is -1.70. The molecule has 0 radical (unpaired) electrons. The molecule has 0 aliphatic carbocycles. The fraction of sp³-hybridized carbons (Fsp3) is 0.375. The molecule has 0 aromatic carbocycles. The summed E-state index contributed by atoms with van der Waals surface area (Å²) >= 11 is 0. The summed E-state index contributed by atoms with van der Waals surface area (Å²) in [4.78, 5) is 17.7. The molecule has 0 unspecified atom stereocenters. The lowest BCUT2D eigenvalue weighted by molar-refractivity contribution is -0.136. The Morgan fingerprint density at radius 3 is 2.56 bits per heavy atom. The summed E-state index contributed by atoms with van der Waals surface area (Å²) in [7, 11) is -2.28. The average Bonchev–Trinajstić information content (AvgIpc) is 2.14. The molecule has 0 bridgehead atoms. The number of ether oxygens (including phenoxy) is 1. The molecule has 0 spiro atoms. The highest BCUT2D eigenvalue weighted by Gasteiger charge is 2.15. The molecule has 0 saturated carbocycles. The van der Waals surface area contributed by atoms with Gasteiger partial charge in [0.2, 0.25) is 20.9 Å². The smallest absolute Gasteiger partial charge is 0.309 e. The van der Waals surface area contributed by atoms with Crippen LogP contribution in [0.25, 0.3) is 0 Å². The van der Waals surface area contributed by atoms with Crippen LogP contribution in [0.2, 0.25) is 0 Å². The average molecular weight is 246 g/mol. The Morgan fingerprint density at radius 1 is 1.50 bits per heavy atom. The lowest BCUT2D eigenvalue weighted by Gasteiger charge is -2.04. The second kappa shape index (κ2) is 4.44. The zero-order valence-corrected chi connectivity index (χ0v) is 9.48. The number of nitrogens with zero attached hydrogens (tertiary/aromatic N) is 2. The maximum atomic E-state index is 11.2. The van der Waals surface area contributed by atoms with Crippen LogP contribution in [0.1, 0.15) is 5.69 Å². The van der Waals surface area contributed by atoms with Gasteiger partial charge >= 0.3 is 5.97 Å². The Balaban J connectivity index is 3.26. The summed E-state index contributed by atoms with van der Waals surface area (Å²) in [6, 6.07) is 1.28. The highest BCUT2D eigenvalue weighted by Crippen LogP contribution is 2.12. The van der Waals surface area contributed by atoms with E-state index >= 15 is 0 Å². The van der Waals surface area contributed by atoms with Crippen molar-refractivity contribution in [2.45, 2.75) is 11.6 Å². The number of aliphatic carboxylic acids is 1. The van der Waals surface area contributed by atoms with Crippen LogP contribution in [0.4, 0.5) is 0 Å². The highest BCUT2D eigenvalue weighted by atomic mass is 32.2. The van der Waals surface area contributed by atoms with Crippen molar-refractivity contribution in [2.24, 2.45) is 0 Å². The molecular weight excluding hydrogens is 236 g/mol. The van der Waals surface area contributed by atoms with Gasteiger partial charge in [0.05, 0.1) is 19.2 Å². The van der Waals surface area contributed by atoms with Crippen molar-refractivity contribution in [2.75, 3.05) is 13.4 Å². The summed E-state index contributed by atoms with van der Waals surface area (Å²) in [6.45, 7) is 0. The number of carboxylic acid groups (broad SMARTS) is 1. The number of carboxylic acids is 1. The zero-order chi connectivity index (χ0) is 12.3. The second-order valence-electron chi connectivity index (χ2n) is 3.03. The first-order valence-electron chi connectivity index (χ1n) is 4.16. The maximum Gasteiger partial charge on any atom is 0.309 e. The molecule has 88 valence electrons. The maximum absolute atomic E-state index is 11.2. The van der Waals surface area contributed by atoms with Crippen LogP contribution >= 0.6 is 0 Å². The zero-order valence-electron chi connectivity index (χ0n) is 8.67. The summed E-state index contributed by atoms with van der Waals surface area (Å²) in [5.41, 5.74) is 0.0831. The number of sulfone groups is 1. The third-order valence-corrected chi connectivity index (χ3v) is 2.45. The van der Waals surface area contributed by atoms with Crippen molar-refractivity contribution in [3.63, 3.8) is 0 Å². The van der Waals surface area contributed by atoms with Crippen molar-refractivity contribution >= 4 is 15.8 Å². The van der Waals surface area contributed by atoms with Crippen molar-refractivity contribution in [3.8, 4) is 5.88 Å². The van der Waals surface area contributed by atoms with Gasteiger partial charge in [0.1, 0.15) is 0 Å². The standard InChI is InChI=1S/C8H10N2O5S/c1-15-6-3-5(4-7(11)12)9-8(10-6)16(2,13)14/h3H,4H2,1-2H3,(H,11,12). The molecular formula is C8H10N2O5S. The van der Waals surface area contributed by atoms with Gasteiger partial charge in [0.15, 0.2) is 0 Å². The topological polar surface area (TPSA) is 106 Å². The fourth-order valence-corrected chi connectivity index (χ4v) is 1.50. The SMILES string of the molecule is COc1cc(CC(=O)O)nc(S(C)(=O)=O)n1. The summed E-state index contributed by atoms with van der Waals surface area (Å²) < 4.78 is 27.2. The predicted octanol–water partition coefficient (Wildman–Crippen LogP) is -0.484. The Labute approximate surface area is 92.0 Å². The van der Waals surface area contributed by atoms with E-state index in [9.17, 15) is 13.2 Å². The Bertz CT molecular complexity index is 511. The Kier molecular flexibility index (Phi) is 3.43. The van der Waals surface area contributed by atoms with E-state index in [0.29, 0.717) is 0 Å². The minimum Gasteiger partial charge on any atom is -0.481 e. The normalized spacial score (nSPS) is 11.1. The molecule has 0 aliphatic heterocycles.